The van der Waals surface area contributed by atoms with Crippen LogP contribution in [0, 0.1) is 17.1 Å². The highest BCUT2D eigenvalue weighted by Gasteiger charge is 2.16. The summed E-state index contributed by atoms with van der Waals surface area (Å²) < 4.78 is 13.5. The van der Waals surface area contributed by atoms with Crippen LogP contribution < -0.4 is 0 Å². The van der Waals surface area contributed by atoms with Crippen LogP contribution in [0.2, 0.25) is 0 Å². The molecule has 0 aliphatic rings. The van der Waals surface area contributed by atoms with Gasteiger partial charge in [-0.15, -0.1) is 0 Å². The molecule has 0 spiro atoms. The molecular formula is C14H8FNO2. The van der Waals surface area contributed by atoms with Gasteiger partial charge in [0.2, 0.25) is 0 Å². The van der Waals surface area contributed by atoms with Crippen LogP contribution in [0.5, 0.6) is 0 Å². The highest BCUT2D eigenvalue weighted by Crippen LogP contribution is 2.26. The summed E-state index contributed by atoms with van der Waals surface area (Å²) in [5.41, 5.74) is 0.784. The van der Waals surface area contributed by atoms with Crippen molar-refractivity contribution < 1.29 is 14.3 Å². The Labute approximate surface area is 103 Å². The van der Waals surface area contributed by atoms with Crippen LogP contribution in [0.15, 0.2) is 42.5 Å². The SMILES string of the molecule is N#Cc1cccc(-c2cccc(F)c2C(=O)O)c1. The van der Waals surface area contributed by atoms with Crippen molar-refractivity contribution in [2.45, 2.75) is 0 Å². The second-order valence-corrected chi connectivity index (χ2v) is 3.66. The van der Waals surface area contributed by atoms with Crippen molar-refractivity contribution >= 4 is 5.97 Å². The third-order valence-electron chi connectivity index (χ3n) is 2.53. The number of carboxylic acid groups (broad SMARTS) is 1. The summed E-state index contributed by atoms with van der Waals surface area (Å²) in [6.45, 7) is 0. The first-order valence-corrected chi connectivity index (χ1v) is 5.16. The zero-order valence-electron chi connectivity index (χ0n) is 9.22. The Morgan fingerprint density at radius 1 is 1.22 bits per heavy atom. The van der Waals surface area contributed by atoms with Gasteiger partial charge in [-0.3, -0.25) is 0 Å². The molecule has 1 N–H and O–H groups in total. The fourth-order valence-corrected chi connectivity index (χ4v) is 1.74. The van der Waals surface area contributed by atoms with Gasteiger partial charge in [-0.1, -0.05) is 24.3 Å². The standard InChI is InChI=1S/C14H8FNO2/c15-12-6-2-5-11(13(12)14(17)18)10-4-1-3-9(7-10)8-16/h1-7H,(H,17,18). The molecular weight excluding hydrogens is 233 g/mol. The molecule has 18 heavy (non-hydrogen) atoms. The summed E-state index contributed by atoms with van der Waals surface area (Å²) in [7, 11) is 0. The monoisotopic (exact) mass is 241 g/mol. The summed E-state index contributed by atoms with van der Waals surface area (Å²) in [6, 6.07) is 12.4. The largest absolute Gasteiger partial charge is 0.478 e. The summed E-state index contributed by atoms with van der Waals surface area (Å²) >= 11 is 0. The van der Waals surface area contributed by atoms with Gasteiger partial charge in [-0.2, -0.15) is 5.26 Å². The average Bonchev–Trinajstić information content (AvgIpc) is 2.38. The van der Waals surface area contributed by atoms with Gasteiger partial charge < -0.3 is 5.11 Å². The first-order valence-electron chi connectivity index (χ1n) is 5.16. The van der Waals surface area contributed by atoms with E-state index in [9.17, 15) is 9.18 Å². The highest BCUT2D eigenvalue weighted by atomic mass is 19.1. The van der Waals surface area contributed by atoms with Gasteiger partial charge in [0.25, 0.3) is 0 Å². The van der Waals surface area contributed by atoms with Crippen LogP contribution in [-0.4, -0.2) is 11.1 Å². The van der Waals surface area contributed by atoms with Crippen molar-refractivity contribution in [3.63, 3.8) is 0 Å². The lowest BCUT2D eigenvalue weighted by Gasteiger charge is -2.07. The van der Waals surface area contributed by atoms with Crippen LogP contribution in [-0.2, 0) is 0 Å². The number of benzene rings is 2. The maximum Gasteiger partial charge on any atom is 0.339 e. The zero-order valence-corrected chi connectivity index (χ0v) is 9.22. The van der Waals surface area contributed by atoms with Crippen LogP contribution in [0.25, 0.3) is 11.1 Å². The fourth-order valence-electron chi connectivity index (χ4n) is 1.74. The molecule has 2 rings (SSSR count). The summed E-state index contributed by atoms with van der Waals surface area (Å²) in [4.78, 5) is 11.1. The van der Waals surface area contributed by atoms with Crippen LogP contribution in [0.1, 0.15) is 15.9 Å². The van der Waals surface area contributed by atoms with E-state index >= 15 is 0 Å². The van der Waals surface area contributed by atoms with Crippen LogP contribution in [0.4, 0.5) is 4.39 Å². The molecule has 2 aromatic rings. The zero-order chi connectivity index (χ0) is 13.1. The van der Waals surface area contributed by atoms with Crippen molar-refractivity contribution in [3.8, 4) is 17.2 Å². The quantitative estimate of drug-likeness (QED) is 0.878. The minimum absolute atomic E-state index is 0.264. The first-order chi connectivity index (χ1) is 8.63. The van der Waals surface area contributed by atoms with Crippen molar-refractivity contribution in [1.29, 1.82) is 5.26 Å². The van der Waals surface area contributed by atoms with E-state index in [1.165, 1.54) is 18.2 Å². The fraction of sp³-hybridized carbons (Fsp3) is 0. The summed E-state index contributed by atoms with van der Waals surface area (Å²) in [5, 5.41) is 17.8. The lowest BCUT2D eigenvalue weighted by molar-refractivity contribution is 0.0693. The van der Waals surface area contributed by atoms with Gasteiger partial charge >= 0.3 is 5.97 Å². The van der Waals surface area contributed by atoms with Crippen molar-refractivity contribution in [1.82, 2.24) is 0 Å². The molecule has 0 aliphatic heterocycles. The Morgan fingerprint density at radius 3 is 2.61 bits per heavy atom. The van der Waals surface area contributed by atoms with Crippen molar-refractivity contribution in [2.24, 2.45) is 0 Å². The predicted molar refractivity (Wildman–Crippen MR) is 63.5 cm³/mol. The van der Waals surface area contributed by atoms with E-state index in [4.69, 9.17) is 10.4 Å². The molecule has 88 valence electrons. The molecule has 0 amide bonds. The first kappa shape index (κ1) is 11.8. The molecule has 3 nitrogen and oxygen atoms in total. The van der Waals surface area contributed by atoms with Crippen molar-refractivity contribution in [3.05, 3.63) is 59.4 Å². The number of rotatable bonds is 2. The van der Waals surface area contributed by atoms with Gasteiger partial charge in [0.05, 0.1) is 11.6 Å². The molecule has 4 heteroatoms. The van der Waals surface area contributed by atoms with E-state index in [1.807, 2.05) is 6.07 Å². The van der Waals surface area contributed by atoms with Gasteiger partial charge in [-0.25, -0.2) is 9.18 Å². The smallest absolute Gasteiger partial charge is 0.339 e. The number of nitriles is 1. The van der Waals surface area contributed by atoms with Gasteiger partial charge in [-0.05, 0) is 29.3 Å². The topological polar surface area (TPSA) is 61.1 Å². The number of halogens is 1. The molecule has 2 aromatic carbocycles. The number of aromatic carboxylic acids is 1. The molecule has 0 bridgehead atoms. The number of hydrogen-bond donors (Lipinski definition) is 1. The van der Waals surface area contributed by atoms with E-state index < -0.39 is 11.8 Å². The number of nitrogens with zero attached hydrogens (tertiary/aromatic N) is 1. The normalized spacial score (nSPS) is 9.78. The predicted octanol–water partition coefficient (Wildman–Crippen LogP) is 3.06. The summed E-state index contributed by atoms with van der Waals surface area (Å²) in [6.07, 6.45) is 0. The molecule has 0 atom stereocenters. The molecule has 0 radical (unpaired) electrons. The van der Waals surface area contributed by atoms with Gasteiger partial charge in [0.15, 0.2) is 0 Å². The van der Waals surface area contributed by atoms with Gasteiger partial charge in [0.1, 0.15) is 11.4 Å². The third kappa shape index (κ3) is 2.06. The Hall–Kier alpha value is -2.67. The number of carboxylic acids is 1. The minimum atomic E-state index is -1.33. The molecule has 0 fully saturated rings. The Balaban J connectivity index is 2.68. The minimum Gasteiger partial charge on any atom is -0.478 e. The Morgan fingerprint density at radius 2 is 1.94 bits per heavy atom. The lowest BCUT2D eigenvalue weighted by Crippen LogP contribution is -2.03. The summed E-state index contributed by atoms with van der Waals surface area (Å²) in [5.74, 6) is -2.12. The maximum absolute atomic E-state index is 13.5. The van der Waals surface area contributed by atoms with E-state index in [-0.39, 0.29) is 11.1 Å². The van der Waals surface area contributed by atoms with Crippen molar-refractivity contribution in [2.75, 3.05) is 0 Å². The van der Waals surface area contributed by atoms with E-state index in [0.29, 0.717) is 11.1 Å². The second kappa shape index (κ2) is 4.68. The van der Waals surface area contributed by atoms with Crippen LogP contribution >= 0.6 is 0 Å². The molecule has 0 saturated heterocycles. The third-order valence-corrected chi connectivity index (χ3v) is 2.53. The Kier molecular flexibility index (Phi) is 3.07. The Bertz CT molecular complexity index is 659. The van der Waals surface area contributed by atoms with Gasteiger partial charge in [0, 0.05) is 0 Å². The maximum atomic E-state index is 13.5. The second-order valence-electron chi connectivity index (χ2n) is 3.66. The van der Waals surface area contributed by atoms with E-state index in [2.05, 4.69) is 0 Å². The molecule has 0 heterocycles. The molecule has 0 unspecified atom stereocenters. The molecule has 0 saturated carbocycles. The van der Waals surface area contributed by atoms with E-state index in [1.54, 1.807) is 18.2 Å². The number of hydrogen-bond acceptors (Lipinski definition) is 2. The van der Waals surface area contributed by atoms with Crippen LogP contribution in [0.3, 0.4) is 0 Å². The highest BCUT2D eigenvalue weighted by molar-refractivity contribution is 5.96. The number of carbonyl (C=O) groups is 1. The molecule has 0 aliphatic carbocycles. The average molecular weight is 241 g/mol. The lowest BCUT2D eigenvalue weighted by atomic mass is 9.98. The van der Waals surface area contributed by atoms with E-state index in [0.717, 1.165) is 6.07 Å². The molecule has 0 aromatic heterocycles.